The second-order valence-electron chi connectivity index (χ2n) is 6.35. The Labute approximate surface area is 165 Å². The van der Waals surface area contributed by atoms with Gasteiger partial charge in [-0.1, -0.05) is 12.1 Å². The molecule has 0 saturated carbocycles. The molecule has 1 aliphatic heterocycles. The first kappa shape index (κ1) is 19.7. The van der Waals surface area contributed by atoms with Crippen LogP contribution >= 0.6 is 0 Å². The summed E-state index contributed by atoms with van der Waals surface area (Å²) in [5, 5.41) is 5.02. The maximum absolute atomic E-state index is 12.3. The molecule has 9 nitrogen and oxygen atoms in total. The Morgan fingerprint density at radius 1 is 0.931 bits per heavy atom. The minimum Gasteiger partial charge on any atom is -0.366 e. The Morgan fingerprint density at radius 3 is 2.28 bits per heavy atom. The highest BCUT2D eigenvalue weighted by molar-refractivity contribution is 6.20. The van der Waals surface area contributed by atoms with Gasteiger partial charge in [-0.3, -0.25) is 28.9 Å². The topological polar surface area (TPSA) is 139 Å². The van der Waals surface area contributed by atoms with Crippen LogP contribution in [0.4, 0.5) is 11.4 Å². The Hall–Kier alpha value is -4.01. The van der Waals surface area contributed by atoms with Crippen molar-refractivity contribution in [2.45, 2.75) is 12.8 Å². The monoisotopic (exact) mass is 394 g/mol. The molecule has 4 N–H and O–H groups in total. The van der Waals surface area contributed by atoms with Crippen LogP contribution in [0.1, 0.15) is 33.6 Å². The highest BCUT2D eigenvalue weighted by Gasteiger charge is 2.30. The van der Waals surface area contributed by atoms with Gasteiger partial charge >= 0.3 is 0 Å². The lowest BCUT2D eigenvalue weighted by Gasteiger charge is -2.14. The molecule has 5 amide bonds. The molecule has 0 atom stereocenters. The van der Waals surface area contributed by atoms with Gasteiger partial charge in [0.15, 0.2) is 0 Å². The van der Waals surface area contributed by atoms with Crippen LogP contribution in [0.25, 0.3) is 0 Å². The highest BCUT2D eigenvalue weighted by atomic mass is 16.2. The van der Waals surface area contributed by atoms with E-state index in [0.29, 0.717) is 11.4 Å². The van der Waals surface area contributed by atoms with Gasteiger partial charge in [-0.25, -0.2) is 0 Å². The van der Waals surface area contributed by atoms with E-state index in [9.17, 15) is 24.0 Å². The number of anilines is 2. The fourth-order valence-electron chi connectivity index (χ4n) is 2.87. The number of nitrogens with two attached hydrogens (primary N) is 1. The summed E-state index contributed by atoms with van der Waals surface area (Å²) in [7, 11) is 0. The van der Waals surface area contributed by atoms with Gasteiger partial charge in [0.2, 0.25) is 23.6 Å². The number of hydrogen-bond donors (Lipinski definition) is 3. The molecular formula is C20H18N4O5. The summed E-state index contributed by atoms with van der Waals surface area (Å²) >= 11 is 0. The van der Waals surface area contributed by atoms with Crippen molar-refractivity contribution in [1.29, 1.82) is 0 Å². The van der Waals surface area contributed by atoms with E-state index in [0.717, 1.165) is 4.90 Å². The predicted octanol–water partition coefficient (Wildman–Crippen LogP) is 0.807. The van der Waals surface area contributed by atoms with Gasteiger partial charge in [-0.15, -0.1) is 0 Å². The number of imide groups is 1. The van der Waals surface area contributed by atoms with Crippen molar-refractivity contribution in [2.75, 3.05) is 16.8 Å². The molecule has 0 aliphatic carbocycles. The lowest BCUT2D eigenvalue weighted by molar-refractivity contribution is -0.121. The summed E-state index contributed by atoms with van der Waals surface area (Å²) in [6.07, 6.45) is 0.290. The quantitative estimate of drug-likeness (QED) is 0.622. The Morgan fingerprint density at radius 2 is 1.59 bits per heavy atom. The summed E-state index contributed by atoms with van der Waals surface area (Å²) in [4.78, 5) is 60.3. The molecule has 2 aromatic rings. The van der Waals surface area contributed by atoms with Crippen LogP contribution in [-0.4, -0.2) is 36.1 Å². The van der Waals surface area contributed by atoms with E-state index >= 15 is 0 Å². The first-order valence-corrected chi connectivity index (χ1v) is 8.79. The lowest BCUT2D eigenvalue weighted by atomic mass is 10.1. The van der Waals surface area contributed by atoms with Crippen LogP contribution in [0.15, 0.2) is 48.5 Å². The zero-order valence-electron chi connectivity index (χ0n) is 15.3. The van der Waals surface area contributed by atoms with Gasteiger partial charge in [-0.05, 0) is 36.4 Å². The third-order valence-corrected chi connectivity index (χ3v) is 4.26. The minimum absolute atomic E-state index is 0.145. The van der Waals surface area contributed by atoms with Gasteiger partial charge in [-0.2, -0.15) is 0 Å². The second kappa shape index (κ2) is 8.34. The standard InChI is InChI=1S/C20H18N4O5/c21-19(28)12-3-1-5-14(9-12)23-16(25)11-22-20(29)13-4-2-6-15(10-13)24-17(26)7-8-18(24)27/h1-6,9-10H,7-8,11H2,(H2,21,28)(H,22,29)(H,23,25). The predicted molar refractivity (Wildman–Crippen MR) is 104 cm³/mol. The summed E-state index contributed by atoms with van der Waals surface area (Å²) in [6, 6.07) is 12.1. The van der Waals surface area contributed by atoms with Crippen LogP contribution in [0.2, 0.25) is 0 Å². The van der Waals surface area contributed by atoms with E-state index in [2.05, 4.69) is 10.6 Å². The zero-order valence-corrected chi connectivity index (χ0v) is 15.3. The molecule has 148 valence electrons. The van der Waals surface area contributed by atoms with Crippen molar-refractivity contribution >= 4 is 40.9 Å². The Bertz CT molecular complexity index is 1000. The number of hydrogen-bond acceptors (Lipinski definition) is 5. The van der Waals surface area contributed by atoms with Crippen LogP contribution < -0.4 is 21.3 Å². The maximum Gasteiger partial charge on any atom is 0.251 e. The van der Waals surface area contributed by atoms with Crippen molar-refractivity contribution in [3.8, 4) is 0 Å². The van der Waals surface area contributed by atoms with Crippen LogP contribution in [0.5, 0.6) is 0 Å². The maximum atomic E-state index is 12.3. The molecular weight excluding hydrogens is 376 g/mol. The molecule has 2 aromatic carbocycles. The fraction of sp³-hybridized carbons (Fsp3) is 0.150. The van der Waals surface area contributed by atoms with Crippen LogP contribution in [0, 0.1) is 0 Å². The number of amides is 5. The van der Waals surface area contributed by atoms with E-state index in [4.69, 9.17) is 5.73 Å². The molecule has 0 bridgehead atoms. The number of carbonyl (C=O) groups is 5. The van der Waals surface area contributed by atoms with E-state index in [-0.39, 0.29) is 42.3 Å². The molecule has 0 spiro atoms. The van der Waals surface area contributed by atoms with Crippen LogP contribution in [0.3, 0.4) is 0 Å². The average molecular weight is 394 g/mol. The number of primary amides is 1. The number of benzene rings is 2. The third-order valence-electron chi connectivity index (χ3n) is 4.26. The highest BCUT2D eigenvalue weighted by Crippen LogP contribution is 2.23. The fourth-order valence-corrected chi connectivity index (χ4v) is 2.87. The number of rotatable bonds is 6. The molecule has 1 fully saturated rings. The number of carbonyl (C=O) groups excluding carboxylic acids is 5. The summed E-state index contributed by atoms with van der Waals surface area (Å²) in [5.41, 5.74) is 6.34. The number of nitrogens with one attached hydrogen (secondary N) is 2. The van der Waals surface area contributed by atoms with Gasteiger partial charge in [0.25, 0.3) is 5.91 Å². The molecule has 9 heteroatoms. The summed E-state index contributed by atoms with van der Waals surface area (Å²) in [5.74, 6) is -2.28. The van der Waals surface area contributed by atoms with E-state index in [1.54, 1.807) is 24.3 Å². The molecule has 0 unspecified atom stereocenters. The zero-order chi connectivity index (χ0) is 21.0. The van der Waals surface area contributed by atoms with E-state index in [1.165, 1.54) is 24.3 Å². The summed E-state index contributed by atoms with van der Waals surface area (Å²) < 4.78 is 0. The van der Waals surface area contributed by atoms with Gasteiger partial charge in [0, 0.05) is 29.7 Å². The van der Waals surface area contributed by atoms with Crippen molar-refractivity contribution in [3.05, 3.63) is 59.7 Å². The first-order chi connectivity index (χ1) is 13.8. The lowest BCUT2D eigenvalue weighted by Crippen LogP contribution is -2.33. The van der Waals surface area contributed by atoms with Crippen molar-refractivity contribution < 1.29 is 24.0 Å². The molecule has 1 heterocycles. The van der Waals surface area contributed by atoms with E-state index < -0.39 is 17.7 Å². The normalized spacial score (nSPS) is 13.3. The molecule has 0 aromatic heterocycles. The van der Waals surface area contributed by atoms with Gasteiger partial charge < -0.3 is 16.4 Å². The van der Waals surface area contributed by atoms with Crippen molar-refractivity contribution in [3.63, 3.8) is 0 Å². The third kappa shape index (κ3) is 4.64. The first-order valence-electron chi connectivity index (χ1n) is 8.79. The second-order valence-corrected chi connectivity index (χ2v) is 6.35. The number of nitrogens with zero attached hydrogens (tertiary/aromatic N) is 1. The molecule has 1 saturated heterocycles. The SMILES string of the molecule is NC(=O)c1cccc(NC(=O)CNC(=O)c2cccc(N3C(=O)CCC3=O)c2)c1. The molecule has 3 rings (SSSR count). The van der Waals surface area contributed by atoms with E-state index in [1.807, 2.05) is 0 Å². The molecule has 29 heavy (non-hydrogen) atoms. The average Bonchev–Trinajstić information content (AvgIpc) is 3.04. The summed E-state index contributed by atoms with van der Waals surface area (Å²) in [6.45, 7) is -0.314. The van der Waals surface area contributed by atoms with Crippen molar-refractivity contribution in [2.24, 2.45) is 5.73 Å². The van der Waals surface area contributed by atoms with Crippen LogP contribution in [-0.2, 0) is 14.4 Å². The Kier molecular flexibility index (Phi) is 5.68. The smallest absolute Gasteiger partial charge is 0.251 e. The molecule has 0 radical (unpaired) electrons. The Balaban J connectivity index is 1.61. The largest absolute Gasteiger partial charge is 0.366 e. The van der Waals surface area contributed by atoms with Crippen molar-refractivity contribution in [1.82, 2.24) is 5.32 Å². The van der Waals surface area contributed by atoms with Gasteiger partial charge in [0.05, 0.1) is 12.2 Å². The minimum atomic E-state index is -0.621. The van der Waals surface area contributed by atoms with Gasteiger partial charge in [0.1, 0.15) is 0 Å². The molecule has 1 aliphatic rings.